The predicted octanol–water partition coefficient (Wildman–Crippen LogP) is 4.84. The highest BCUT2D eigenvalue weighted by atomic mass is 32.1. The fraction of sp³-hybridized carbons (Fsp3) is 0.522. The van der Waals surface area contributed by atoms with Gasteiger partial charge in [-0.05, 0) is 74.2 Å². The molecule has 150 valence electrons. The zero-order valence-electron chi connectivity index (χ0n) is 16.5. The summed E-state index contributed by atoms with van der Waals surface area (Å²) in [6.45, 7) is 2.20. The molecule has 0 radical (unpaired) electrons. The van der Waals surface area contributed by atoms with Gasteiger partial charge in [-0.15, -0.1) is 11.3 Å². The van der Waals surface area contributed by atoms with Crippen molar-refractivity contribution in [1.82, 2.24) is 9.80 Å². The lowest BCUT2D eigenvalue weighted by molar-refractivity contribution is 0.0446. The predicted molar refractivity (Wildman–Crippen MR) is 112 cm³/mol. The molecule has 1 aliphatic heterocycles. The minimum atomic E-state index is -0.170. The summed E-state index contributed by atoms with van der Waals surface area (Å²) in [6, 6.07) is 11.6. The third-order valence-electron chi connectivity index (χ3n) is 6.65. The van der Waals surface area contributed by atoms with Gasteiger partial charge in [-0.1, -0.05) is 30.7 Å². The van der Waals surface area contributed by atoms with E-state index in [-0.39, 0.29) is 17.8 Å². The van der Waals surface area contributed by atoms with Crippen molar-refractivity contribution in [3.05, 3.63) is 58.0 Å². The van der Waals surface area contributed by atoms with Crippen LogP contribution in [-0.2, 0) is 6.42 Å². The Balaban J connectivity index is 1.51. The van der Waals surface area contributed by atoms with Crippen molar-refractivity contribution >= 4 is 17.2 Å². The standard InChI is InChI=1S/C23H29FN2OS/c1-25(23(27)22-10-5-15-28-22)21(16-18-6-2-3-9-20(18)24)17-11-13-26(14-12-17)19-7-4-8-19/h2-3,5-6,9-10,15,17,19,21H,4,7-8,11-14,16H2,1H3/t21-/m1/s1. The average molecular weight is 401 g/mol. The zero-order chi connectivity index (χ0) is 19.5. The third kappa shape index (κ3) is 4.15. The first-order chi connectivity index (χ1) is 13.6. The van der Waals surface area contributed by atoms with Gasteiger partial charge in [0.15, 0.2) is 0 Å². The molecule has 28 heavy (non-hydrogen) atoms. The van der Waals surface area contributed by atoms with E-state index >= 15 is 0 Å². The van der Waals surface area contributed by atoms with Crippen molar-refractivity contribution in [2.45, 2.75) is 50.6 Å². The van der Waals surface area contributed by atoms with E-state index in [2.05, 4.69) is 4.90 Å². The topological polar surface area (TPSA) is 23.6 Å². The molecule has 2 aromatic rings. The van der Waals surface area contributed by atoms with E-state index in [4.69, 9.17) is 0 Å². The quantitative estimate of drug-likeness (QED) is 0.693. The van der Waals surface area contributed by atoms with Crippen molar-refractivity contribution in [1.29, 1.82) is 0 Å². The van der Waals surface area contributed by atoms with Gasteiger partial charge in [-0.25, -0.2) is 4.39 Å². The average Bonchev–Trinajstić information content (AvgIpc) is 3.20. The molecule has 1 saturated heterocycles. The fourth-order valence-corrected chi connectivity index (χ4v) is 5.36. The van der Waals surface area contributed by atoms with Crippen LogP contribution in [0.4, 0.5) is 4.39 Å². The van der Waals surface area contributed by atoms with E-state index in [0.717, 1.165) is 36.9 Å². The van der Waals surface area contributed by atoms with E-state index in [9.17, 15) is 9.18 Å². The van der Waals surface area contributed by atoms with Gasteiger partial charge in [-0.3, -0.25) is 4.79 Å². The van der Waals surface area contributed by atoms with Gasteiger partial charge in [0, 0.05) is 19.1 Å². The minimum Gasteiger partial charge on any atom is -0.337 e. The Morgan fingerprint density at radius 2 is 1.93 bits per heavy atom. The molecular weight excluding hydrogens is 371 g/mol. The van der Waals surface area contributed by atoms with E-state index in [1.807, 2.05) is 41.6 Å². The second kappa shape index (κ2) is 8.75. The molecule has 1 aliphatic carbocycles. The van der Waals surface area contributed by atoms with Gasteiger partial charge in [0.1, 0.15) is 5.82 Å². The molecule has 1 atom stereocenters. The smallest absolute Gasteiger partial charge is 0.263 e. The highest BCUT2D eigenvalue weighted by Crippen LogP contribution is 2.32. The van der Waals surface area contributed by atoms with E-state index in [1.165, 1.54) is 36.7 Å². The van der Waals surface area contributed by atoms with Crippen LogP contribution >= 0.6 is 11.3 Å². The van der Waals surface area contributed by atoms with E-state index in [1.54, 1.807) is 6.07 Å². The Hall–Kier alpha value is -1.72. The number of piperidine rings is 1. The maximum atomic E-state index is 14.4. The maximum Gasteiger partial charge on any atom is 0.263 e. The van der Waals surface area contributed by atoms with Crippen molar-refractivity contribution in [3.8, 4) is 0 Å². The summed E-state index contributed by atoms with van der Waals surface area (Å²) in [7, 11) is 1.89. The van der Waals surface area contributed by atoms with E-state index < -0.39 is 0 Å². The highest BCUT2D eigenvalue weighted by Gasteiger charge is 2.35. The number of halogens is 1. The van der Waals surface area contributed by atoms with Crippen LogP contribution in [0.3, 0.4) is 0 Å². The number of rotatable bonds is 6. The largest absolute Gasteiger partial charge is 0.337 e. The van der Waals surface area contributed by atoms with Gasteiger partial charge in [0.05, 0.1) is 4.88 Å². The molecule has 4 rings (SSSR count). The summed E-state index contributed by atoms with van der Waals surface area (Å²) >= 11 is 1.47. The normalized spacial score (nSPS) is 19.9. The summed E-state index contributed by atoms with van der Waals surface area (Å²) in [5.74, 6) is 0.291. The molecule has 2 heterocycles. The second-order valence-electron chi connectivity index (χ2n) is 8.21. The molecule has 2 fully saturated rings. The number of amides is 1. The Labute approximate surface area is 171 Å². The summed E-state index contributed by atoms with van der Waals surface area (Å²) < 4.78 is 14.4. The number of likely N-dealkylation sites (N-methyl/N-ethyl adjacent to an activating group) is 1. The van der Waals surface area contributed by atoms with Crippen LogP contribution in [0.5, 0.6) is 0 Å². The Bertz CT molecular complexity index is 782. The third-order valence-corrected chi connectivity index (χ3v) is 7.50. The number of benzene rings is 1. The van der Waals surface area contributed by atoms with Crippen LogP contribution in [0.25, 0.3) is 0 Å². The summed E-state index contributed by atoms with van der Waals surface area (Å²) in [5.41, 5.74) is 0.708. The second-order valence-corrected chi connectivity index (χ2v) is 9.16. The van der Waals surface area contributed by atoms with Crippen LogP contribution in [0.2, 0.25) is 0 Å². The van der Waals surface area contributed by atoms with Crippen LogP contribution in [0.15, 0.2) is 41.8 Å². The molecule has 3 nitrogen and oxygen atoms in total. The maximum absolute atomic E-state index is 14.4. The lowest BCUT2D eigenvalue weighted by Gasteiger charge is -2.44. The van der Waals surface area contributed by atoms with Gasteiger partial charge in [0.2, 0.25) is 0 Å². The number of carbonyl (C=O) groups is 1. The number of thiophene rings is 1. The lowest BCUT2D eigenvalue weighted by atomic mass is 9.82. The molecule has 1 aromatic carbocycles. The first-order valence-electron chi connectivity index (χ1n) is 10.4. The number of nitrogens with zero attached hydrogens (tertiary/aromatic N) is 2. The Kier molecular flexibility index (Phi) is 6.12. The summed E-state index contributed by atoms with van der Waals surface area (Å²) in [4.78, 5) is 18.3. The van der Waals surface area contributed by atoms with Crippen LogP contribution in [0, 0.1) is 11.7 Å². The fourth-order valence-electron chi connectivity index (χ4n) is 4.65. The van der Waals surface area contributed by atoms with Crippen molar-refractivity contribution < 1.29 is 9.18 Å². The van der Waals surface area contributed by atoms with Crippen molar-refractivity contribution in [2.75, 3.05) is 20.1 Å². The number of hydrogen-bond donors (Lipinski definition) is 0. The number of hydrogen-bond acceptors (Lipinski definition) is 3. The molecular formula is C23H29FN2OS. The number of carbonyl (C=O) groups excluding carboxylic acids is 1. The summed E-state index contributed by atoms with van der Waals surface area (Å²) in [5, 5.41) is 1.93. The Morgan fingerprint density at radius 3 is 2.54 bits per heavy atom. The van der Waals surface area contributed by atoms with Crippen LogP contribution in [0.1, 0.15) is 47.3 Å². The molecule has 0 spiro atoms. The first kappa shape index (κ1) is 19.6. The van der Waals surface area contributed by atoms with Gasteiger partial charge < -0.3 is 9.80 Å². The zero-order valence-corrected chi connectivity index (χ0v) is 17.3. The van der Waals surface area contributed by atoms with Crippen LogP contribution < -0.4 is 0 Å². The van der Waals surface area contributed by atoms with E-state index in [0.29, 0.717) is 17.9 Å². The SMILES string of the molecule is CN(C(=O)c1cccs1)[C@H](Cc1ccccc1F)C1CCN(C2CCC2)CC1. The minimum absolute atomic E-state index is 0.0232. The van der Waals surface area contributed by atoms with Crippen molar-refractivity contribution in [3.63, 3.8) is 0 Å². The van der Waals surface area contributed by atoms with Crippen LogP contribution in [-0.4, -0.2) is 47.9 Å². The van der Waals surface area contributed by atoms with Crippen molar-refractivity contribution in [2.24, 2.45) is 5.92 Å². The molecule has 0 unspecified atom stereocenters. The van der Waals surface area contributed by atoms with Gasteiger partial charge >= 0.3 is 0 Å². The molecule has 0 N–H and O–H groups in total. The first-order valence-corrected chi connectivity index (χ1v) is 11.3. The Morgan fingerprint density at radius 1 is 1.18 bits per heavy atom. The highest BCUT2D eigenvalue weighted by molar-refractivity contribution is 7.12. The summed E-state index contributed by atoms with van der Waals surface area (Å²) in [6.07, 6.45) is 6.77. The van der Waals surface area contributed by atoms with Gasteiger partial charge in [0.25, 0.3) is 5.91 Å². The molecule has 1 aromatic heterocycles. The molecule has 5 heteroatoms. The molecule has 1 amide bonds. The number of likely N-dealkylation sites (tertiary alicyclic amines) is 1. The van der Waals surface area contributed by atoms with Gasteiger partial charge in [-0.2, -0.15) is 0 Å². The molecule has 1 saturated carbocycles. The lowest BCUT2D eigenvalue weighted by Crippen LogP contribution is -2.50. The molecule has 0 bridgehead atoms. The molecule has 2 aliphatic rings. The monoisotopic (exact) mass is 400 g/mol.